The van der Waals surface area contributed by atoms with Gasteiger partial charge in [-0.15, -0.1) is 0 Å². The lowest BCUT2D eigenvalue weighted by Gasteiger charge is -2.07. The third-order valence-electron chi connectivity index (χ3n) is 2.05. The number of carbonyl (C=O) groups is 1. The Hall–Kier alpha value is -1.42. The SMILES string of the molecule is COC(=O)c1cc(CN)cc(F)c1C. The van der Waals surface area contributed by atoms with Crippen LogP contribution in [0.3, 0.4) is 0 Å². The highest BCUT2D eigenvalue weighted by Gasteiger charge is 2.13. The van der Waals surface area contributed by atoms with Gasteiger partial charge in [0.05, 0.1) is 12.7 Å². The Morgan fingerprint density at radius 1 is 1.57 bits per heavy atom. The summed E-state index contributed by atoms with van der Waals surface area (Å²) >= 11 is 0. The number of hydrogen-bond acceptors (Lipinski definition) is 3. The molecule has 0 aromatic heterocycles. The average molecular weight is 197 g/mol. The molecule has 0 aliphatic rings. The van der Waals surface area contributed by atoms with Gasteiger partial charge in [-0.25, -0.2) is 9.18 Å². The van der Waals surface area contributed by atoms with Crippen LogP contribution in [0.1, 0.15) is 21.5 Å². The maximum atomic E-state index is 13.3. The molecule has 4 heteroatoms. The minimum Gasteiger partial charge on any atom is -0.465 e. The highest BCUT2D eigenvalue weighted by atomic mass is 19.1. The molecule has 0 aliphatic carbocycles. The first kappa shape index (κ1) is 10.7. The van der Waals surface area contributed by atoms with Crippen molar-refractivity contribution >= 4 is 5.97 Å². The lowest BCUT2D eigenvalue weighted by molar-refractivity contribution is 0.0599. The van der Waals surface area contributed by atoms with Gasteiger partial charge in [0.2, 0.25) is 0 Å². The molecule has 0 unspecified atom stereocenters. The highest BCUT2D eigenvalue weighted by molar-refractivity contribution is 5.91. The predicted octanol–water partition coefficient (Wildman–Crippen LogP) is 1.38. The first-order chi connectivity index (χ1) is 6.60. The van der Waals surface area contributed by atoms with Gasteiger partial charge in [-0.1, -0.05) is 0 Å². The summed E-state index contributed by atoms with van der Waals surface area (Å²) in [6, 6.07) is 2.87. The Morgan fingerprint density at radius 3 is 2.71 bits per heavy atom. The van der Waals surface area contributed by atoms with Gasteiger partial charge in [-0.05, 0) is 30.2 Å². The van der Waals surface area contributed by atoms with E-state index in [0.717, 1.165) is 0 Å². The third-order valence-corrected chi connectivity index (χ3v) is 2.05. The van der Waals surface area contributed by atoms with Crippen LogP contribution >= 0.6 is 0 Å². The van der Waals surface area contributed by atoms with Crippen molar-refractivity contribution in [2.24, 2.45) is 5.73 Å². The van der Waals surface area contributed by atoms with Crippen LogP contribution in [0, 0.1) is 12.7 Å². The van der Waals surface area contributed by atoms with E-state index in [2.05, 4.69) is 4.74 Å². The molecule has 0 radical (unpaired) electrons. The number of carbonyl (C=O) groups excluding carboxylic acids is 1. The topological polar surface area (TPSA) is 52.3 Å². The van der Waals surface area contributed by atoms with Gasteiger partial charge in [0, 0.05) is 6.54 Å². The number of ether oxygens (including phenoxy) is 1. The summed E-state index contributed by atoms with van der Waals surface area (Å²) in [5.41, 5.74) is 6.45. The number of benzene rings is 1. The smallest absolute Gasteiger partial charge is 0.338 e. The van der Waals surface area contributed by atoms with E-state index >= 15 is 0 Å². The molecule has 0 aliphatic heterocycles. The number of esters is 1. The molecule has 0 saturated carbocycles. The van der Waals surface area contributed by atoms with E-state index in [1.807, 2.05) is 0 Å². The monoisotopic (exact) mass is 197 g/mol. The van der Waals surface area contributed by atoms with Crippen molar-refractivity contribution in [3.63, 3.8) is 0 Å². The fourth-order valence-corrected chi connectivity index (χ4v) is 1.17. The highest BCUT2D eigenvalue weighted by Crippen LogP contribution is 2.16. The fourth-order valence-electron chi connectivity index (χ4n) is 1.17. The quantitative estimate of drug-likeness (QED) is 0.729. The minimum absolute atomic E-state index is 0.196. The maximum absolute atomic E-state index is 13.3. The van der Waals surface area contributed by atoms with Gasteiger partial charge in [-0.2, -0.15) is 0 Å². The molecule has 76 valence electrons. The average Bonchev–Trinajstić information content (AvgIpc) is 2.20. The Morgan fingerprint density at radius 2 is 2.21 bits per heavy atom. The Balaban J connectivity index is 3.27. The number of methoxy groups -OCH3 is 1. The standard InChI is InChI=1S/C10H12FNO2/c1-6-8(10(13)14-2)3-7(5-12)4-9(6)11/h3-4H,5,12H2,1-2H3. The van der Waals surface area contributed by atoms with Crippen LogP contribution in [0.4, 0.5) is 4.39 Å². The summed E-state index contributed by atoms with van der Waals surface area (Å²) in [4.78, 5) is 11.2. The summed E-state index contributed by atoms with van der Waals surface area (Å²) in [7, 11) is 1.26. The lowest BCUT2D eigenvalue weighted by atomic mass is 10.0. The van der Waals surface area contributed by atoms with Gasteiger partial charge < -0.3 is 10.5 Å². The predicted molar refractivity (Wildman–Crippen MR) is 50.4 cm³/mol. The summed E-state index contributed by atoms with van der Waals surface area (Å²) in [5.74, 6) is -0.981. The second-order valence-electron chi connectivity index (χ2n) is 2.95. The summed E-state index contributed by atoms with van der Waals surface area (Å²) in [6.45, 7) is 1.73. The molecule has 1 aromatic carbocycles. The van der Waals surface area contributed by atoms with Gasteiger partial charge in [-0.3, -0.25) is 0 Å². The second-order valence-corrected chi connectivity index (χ2v) is 2.95. The van der Waals surface area contributed by atoms with Gasteiger partial charge in [0.15, 0.2) is 0 Å². The maximum Gasteiger partial charge on any atom is 0.338 e. The van der Waals surface area contributed by atoms with E-state index in [1.165, 1.54) is 20.1 Å². The zero-order valence-corrected chi connectivity index (χ0v) is 8.13. The van der Waals surface area contributed by atoms with E-state index in [9.17, 15) is 9.18 Å². The van der Waals surface area contributed by atoms with Crippen LogP contribution in [0.25, 0.3) is 0 Å². The van der Waals surface area contributed by atoms with E-state index in [0.29, 0.717) is 5.56 Å². The van der Waals surface area contributed by atoms with Crippen molar-refractivity contribution in [2.75, 3.05) is 7.11 Å². The molecule has 3 nitrogen and oxygen atoms in total. The molecule has 2 N–H and O–H groups in total. The largest absolute Gasteiger partial charge is 0.465 e. The Labute approximate surface area is 81.7 Å². The van der Waals surface area contributed by atoms with Crippen molar-refractivity contribution < 1.29 is 13.9 Å². The second kappa shape index (κ2) is 4.19. The van der Waals surface area contributed by atoms with Crippen LogP contribution in [0.2, 0.25) is 0 Å². The zero-order chi connectivity index (χ0) is 10.7. The van der Waals surface area contributed by atoms with Gasteiger partial charge in [0.25, 0.3) is 0 Å². The van der Waals surface area contributed by atoms with E-state index in [-0.39, 0.29) is 17.7 Å². The number of hydrogen-bond donors (Lipinski definition) is 1. The van der Waals surface area contributed by atoms with Crippen LogP contribution in [-0.2, 0) is 11.3 Å². The molecule has 0 amide bonds. The van der Waals surface area contributed by atoms with Crippen LogP contribution < -0.4 is 5.73 Å². The van der Waals surface area contributed by atoms with E-state index < -0.39 is 11.8 Å². The molecule has 0 saturated heterocycles. The molecule has 1 aromatic rings. The van der Waals surface area contributed by atoms with Crippen molar-refractivity contribution in [2.45, 2.75) is 13.5 Å². The third kappa shape index (κ3) is 1.90. The first-order valence-electron chi connectivity index (χ1n) is 4.17. The summed E-state index contributed by atoms with van der Waals surface area (Å²) in [6.07, 6.45) is 0. The Bertz CT molecular complexity index is 363. The first-order valence-corrected chi connectivity index (χ1v) is 4.17. The molecule has 14 heavy (non-hydrogen) atoms. The molecule has 0 heterocycles. The summed E-state index contributed by atoms with van der Waals surface area (Å²) < 4.78 is 17.8. The van der Waals surface area contributed by atoms with Gasteiger partial charge >= 0.3 is 5.97 Å². The zero-order valence-electron chi connectivity index (χ0n) is 8.13. The molecule has 0 bridgehead atoms. The van der Waals surface area contributed by atoms with Crippen LogP contribution in [0.5, 0.6) is 0 Å². The number of halogens is 1. The minimum atomic E-state index is -0.545. The number of rotatable bonds is 2. The lowest BCUT2D eigenvalue weighted by Crippen LogP contribution is -2.08. The van der Waals surface area contributed by atoms with Crippen molar-refractivity contribution in [3.8, 4) is 0 Å². The van der Waals surface area contributed by atoms with E-state index in [4.69, 9.17) is 5.73 Å². The van der Waals surface area contributed by atoms with E-state index in [1.54, 1.807) is 6.07 Å². The molecule has 1 rings (SSSR count). The van der Waals surface area contributed by atoms with Crippen molar-refractivity contribution in [3.05, 3.63) is 34.6 Å². The molecular formula is C10H12FNO2. The van der Waals surface area contributed by atoms with Crippen LogP contribution in [-0.4, -0.2) is 13.1 Å². The summed E-state index contributed by atoms with van der Waals surface area (Å²) in [5, 5.41) is 0. The normalized spacial score (nSPS) is 10.0. The number of nitrogens with two attached hydrogens (primary N) is 1. The van der Waals surface area contributed by atoms with Crippen molar-refractivity contribution in [1.82, 2.24) is 0 Å². The molecule has 0 atom stereocenters. The van der Waals surface area contributed by atoms with Crippen molar-refractivity contribution in [1.29, 1.82) is 0 Å². The fraction of sp³-hybridized carbons (Fsp3) is 0.300. The Kier molecular flexibility index (Phi) is 3.19. The molecule has 0 fully saturated rings. The molecule has 0 spiro atoms. The van der Waals surface area contributed by atoms with Crippen LogP contribution in [0.15, 0.2) is 12.1 Å². The van der Waals surface area contributed by atoms with Gasteiger partial charge in [0.1, 0.15) is 5.82 Å². The molecular weight excluding hydrogens is 185 g/mol.